The van der Waals surface area contributed by atoms with E-state index in [4.69, 9.17) is 9.47 Å². The van der Waals surface area contributed by atoms with Crippen LogP contribution in [0.25, 0.3) is 0 Å². The smallest absolute Gasteiger partial charge is 0.228 e. The molecule has 1 fully saturated rings. The highest BCUT2D eigenvalue weighted by Crippen LogP contribution is 2.41. The number of carbonyl (C=O) groups excluding carboxylic acids is 2. The number of aryl methyl sites for hydroxylation is 2. The molecule has 0 bridgehead atoms. The molecule has 140 valence electrons. The first-order valence-electron chi connectivity index (χ1n) is 9.09. The van der Waals surface area contributed by atoms with Gasteiger partial charge in [0.1, 0.15) is 13.2 Å². The van der Waals surface area contributed by atoms with Gasteiger partial charge < -0.3 is 20.1 Å². The van der Waals surface area contributed by atoms with Crippen molar-refractivity contribution in [3.8, 4) is 11.5 Å². The van der Waals surface area contributed by atoms with Gasteiger partial charge in [0.25, 0.3) is 0 Å². The maximum atomic E-state index is 12.5. The number of fused-ring (bicyclic) bond motifs is 1. The molecule has 6 nitrogen and oxygen atoms in total. The largest absolute Gasteiger partial charge is 0.486 e. The lowest BCUT2D eigenvalue weighted by atomic mass is 10.1. The van der Waals surface area contributed by atoms with Crippen LogP contribution < -0.4 is 20.1 Å². The second-order valence-electron chi connectivity index (χ2n) is 7.16. The number of hydrogen-bond donors (Lipinski definition) is 2. The van der Waals surface area contributed by atoms with Gasteiger partial charge in [-0.05, 0) is 55.7 Å². The predicted molar refractivity (Wildman–Crippen MR) is 102 cm³/mol. The monoisotopic (exact) mass is 366 g/mol. The first-order chi connectivity index (χ1) is 13.0. The second-order valence-corrected chi connectivity index (χ2v) is 7.16. The van der Waals surface area contributed by atoms with E-state index in [0.717, 1.165) is 16.8 Å². The molecule has 4 rings (SSSR count). The van der Waals surface area contributed by atoms with Gasteiger partial charge in [-0.1, -0.05) is 6.07 Å². The summed E-state index contributed by atoms with van der Waals surface area (Å²) in [4.78, 5) is 24.9. The standard InChI is InChI=1S/C21H22N2O4/c1-12-7-13(2)9-15(8-12)23-21(25)17-11-16(17)20(24)22-14-3-4-18-19(10-14)27-6-5-26-18/h3-4,7-10,16-17H,5-6,11H2,1-2H3,(H,22,24)(H,23,25). The van der Waals surface area contributed by atoms with E-state index in [0.29, 0.717) is 36.8 Å². The fourth-order valence-corrected chi connectivity index (χ4v) is 3.41. The normalized spacial score (nSPS) is 19.9. The first kappa shape index (κ1) is 17.4. The summed E-state index contributed by atoms with van der Waals surface area (Å²) in [7, 11) is 0. The molecule has 2 aliphatic rings. The molecule has 2 unspecified atom stereocenters. The average molecular weight is 366 g/mol. The van der Waals surface area contributed by atoms with Gasteiger partial charge in [0, 0.05) is 17.4 Å². The predicted octanol–water partition coefficient (Wildman–Crippen LogP) is 3.29. The Kier molecular flexibility index (Phi) is 4.48. The van der Waals surface area contributed by atoms with E-state index in [9.17, 15) is 9.59 Å². The van der Waals surface area contributed by atoms with Crippen LogP contribution in [0.1, 0.15) is 17.5 Å². The molecule has 2 aromatic carbocycles. The summed E-state index contributed by atoms with van der Waals surface area (Å²) in [5, 5.41) is 5.79. The molecule has 2 aromatic rings. The molecule has 2 N–H and O–H groups in total. The van der Waals surface area contributed by atoms with Crippen LogP contribution in [0.4, 0.5) is 11.4 Å². The lowest BCUT2D eigenvalue weighted by molar-refractivity contribution is -0.122. The van der Waals surface area contributed by atoms with E-state index in [2.05, 4.69) is 16.7 Å². The number of benzene rings is 2. The van der Waals surface area contributed by atoms with Crippen molar-refractivity contribution in [3.05, 3.63) is 47.5 Å². The van der Waals surface area contributed by atoms with Crippen LogP contribution in [-0.2, 0) is 9.59 Å². The molecule has 0 spiro atoms. The first-order valence-corrected chi connectivity index (χ1v) is 9.09. The number of nitrogens with one attached hydrogen (secondary N) is 2. The SMILES string of the molecule is Cc1cc(C)cc(NC(=O)C2CC2C(=O)Nc2ccc3c(c2)OCCO3)c1. The minimum Gasteiger partial charge on any atom is -0.486 e. The topological polar surface area (TPSA) is 76.7 Å². The van der Waals surface area contributed by atoms with Crippen LogP contribution in [0.2, 0.25) is 0 Å². The van der Waals surface area contributed by atoms with Crippen molar-refractivity contribution in [1.82, 2.24) is 0 Å². The third kappa shape index (κ3) is 3.89. The van der Waals surface area contributed by atoms with Crippen LogP contribution in [0.5, 0.6) is 11.5 Å². The summed E-state index contributed by atoms with van der Waals surface area (Å²) in [6.07, 6.45) is 0.563. The zero-order valence-electron chi connectivity index (χ0n) is 15.4. The van der Waals surface area contributed by atoms with E-state index in [1.807, 2.05) is 26.0 Å². The van der Waals surface area contributed by atoms with Gasteiger partial charge in [0.05, 0.1) is 11.8 Å². The summed E-state index contributed by atoms with van der Waals surface area (Å²) in [5.74, 6) is 0.456. The summed E-state index contributed by atoms with van der Waals surface area (Å²) in [6.45, 7) is 5.00. The Morgan fingerprint density at radius 3 is 2.07 bits per heavy atom. The van der Waals surface area contributed by atoms with E-state index >= 15 is 0 Å². The molecule has 2 amide bonds. The highest BCUT2D eigenvalue weighted by atomic mass is 16.6. The van der Waals surface area contributed by atoms with Gasteiger partial charge in [-0.25, -0.2) is 0 Å². The lowest BCUT2D eigenvalue weighted by Gasteiger charge is -2.19. The van der Waals surface area contributed by atoms with Crippen molar-refractivity contribution in [2.24, 2.45) is 11.8 Å². The lowest BCUT2D eigenvalue weighted by Crippen LogP contribution is -2.21. The van der Waals surface area contributed by atoms with Crippen LogP contribution in [-0.4, -0.2) is 25.0 Å². The van der Waals surface area contributed by atoms with Gasteiger partial charge in [-0.3, -0.25) is 9.59 Å². The number of amides is 2. The molecule has 1 aliphatic carbocycles. The molecule has 0 saturated heterocycles. The molecular weight excluding hydrogens is 344 g/mol. The Morgan fingerprint density at radius 2 is 1.41 bits per heavy atom. The molecule has 27 heavy (non-hydrogen) atoms. The van der Waals surface area contributed by atoms with Gasteiger partial charge in [0.2, 0.25) is 11.8 Å². The Labute approximate surface area is 157 Å². The van der Waals surface area contributed by atoms with Gasteiger partial charge in [-0.15, -0.1) is 0 Å². The minimum atomic E-state index is -0.302. The van der Waals surface area contributed by atoms with Crippen molar-refractivity contribution in [2.45, 2.75) is 20.3 Å². The van der Waals surface area contributed by atoms with Crippen LogP contribution >= 0.6 is 0 Å². The molecule has 1 aliphatic heterocycles. The molecule has 1 saturated carbocycles. The molecule has 2 atom stereocenters. The Hall–Kier alpha value is -3.02. The highest BCUT2D eigenvalue weighted by Gasteiger charge is 2.48. The fourth-order valence-electron chi connectivity index (χ4n) is 3.41. The zero-order chi connectivity index (χ0) is 19.0. The summed E-state index contributed by atoms with van der Waals surface area (Å²) in [5.41, 5.74) is 3.60. The fraction of sp³-hybridized carbons (Fsp3) is 0.333. The summed E-state index contributed by atoms with van der Waals surface area (Å²) < 4.78 is 11.0. The summed E-state index contributed by atoms with van der Waals surface area (Å²) in [6, 6.07) is 11.2. The number of rotatable bonds is 4. The maximum Gasteiger partial charge on any atom is 0.228 e. The molecule has 0 aromatic heterocycles. The van der Waals surface area contributed by atoms with Crippen molar-refractivity contribution < 1.29 is 19.1 Å². The minimum absolute atomic E-state index is 0.109. The van der Waals surface area contributed by atoms with E-state index < -0.39 is 0 Å². The second kappa shape index (κ2) is 6.95. The molecule has 0 radical (unpaired) electrons. The van der Waals surface area contributed by atoms with Crippen LogP contribution in [0.15, 0.2) is 36.4 Å². The van der Waals surface area contributed by atoms with Crippen molar-refractivity contribution in [2.75, 3.05) is 23.8 Å². The van der Waals surface area contributed by atoms with Crippen LogP contribution in [0.3, 0.4) is 0 Å². The van der Waals surface area contributed by atoms with Crippen molar-refractivity contribution >= 4 is 23.2 Å². The van der Waals surface area contributed by atoms with Gasteiger partial charge in [-0.2, -0.15) is 0 Å². The molecule has 6 heteroatoms. The van der Waals surface area contributed by atoms with E-state index in [1.54, 1.807) is 18.2 Å². The highest BCUT2D eigenvalue weighted by molar-refractivity contribution is 6.03. The van der Waals surface area contributed by atoms with E-state index in [-0.39, 0.29) is 23.7 Å². The maximum absolute atomic E-state index is 12.5. The average Bonchev–Trinajstić information content (AvgIpc) is 3.42. The van der Waals surface area contributed by atoms with Gasteiger partial charge >= 0.3 is 0 Å². The zero-order valence-corrected chi connectivity index (χ0v) is 15.4. The number of carbonyl (C=O) groups is 2. The van der Waals surface area contributed by atoms with Crippen molar-refractivity contribution in [1.29, 1.82) is 0 Å². The Morgan fingerprint density at radius 1 is 0.815 bits per heavy atom. The Balaban J connectivity index is 1.35. The third-order valence-corrected chi connectivity index (χ3v) is 4.76. The van der Waals surface area contributed by atoms with Crippen molar-refractivity contribution in [3.63, 3.8) is 0 Å². The summed E-state index contributed by atoms with van der Waals surface area (Å²) >= 11 is 0. The number of ether oxygens (including phenoxy) is 2. The molecule has 1 heterocycles. The van der Waals surface area contributed by atoms with Gasteiger partial charge in [0.15, 0.2) is 11.5 Å². The van der Waals surface area contributed by atoms with Crippen LogP contribution in [0, 0.1) is 25.7 Å². The Bertz CT molecular complexity index is 889. The number of anilines is 2. The van der Waals surface area contributed by atoms with E-state index in [1.165, 1.54) is 0 Å². The quantitative estimate of drug-likeness (QED) is 0.871. The number of hydrogen-bond acceptors (Lipinski definition) is 4. The molecular formula is C21H22N2O4. The third-order valence-electron chi connectivity index (χ3n) is 4.76.